The minimum absolute atomic E-state index is 0.00514. The Balaban J connectivity index is 3.42. The molecular weight excluding hydrogens is 252 g/mol. The van der Waals surface area contributed by atoms with E-state index >= 15 is 0 Å². The first-order valence-corrected chi connectivity index (χ1v) is 5.57. The summed E-state index contributed by atoms with van der Waals surface area (Å²) in [6, 6.07) is 2.32. The number of methoxy groups -OCH3 is 1. The van der Waals surface area contributed by atoms with Crippen molar-refractivity contribution < 1.29 is 29.0 Å². The number of rotatable bonds is 4. The monoisotopic (exact) mass is 266 g/mol. The smallest absolute Gasteiger partial charge is 0.342 e. The van der Waals surface area contributed by atoms with Crippen molar-refractivity contribution in [2.75, 3.05) is 7.11 Å². The summed E-state index contributed by atoms with van der Waals surface area (Å²) in [5.74, 6) is -2.27. The maximum absolute atomic E-state index is 11.8. The van der Waals surface area contributed by atoms with Crippen molar-refractivity contribution in [2.24, 2.45) is 0 Å². The lowest BCUT2D eigenvalue weighted by molar-refractivity contribution is -0.131. The number of aromatic hydroxyl groups is 1. The molecule has 0 unspecified atom stereocenters. The topological polar surface area (TPSA) is 89.9 Å². The molecule has 0 saturated heterocycles. The summed E-state index contributed by atoms with van der Waals surface area (Å²) in [4.78, 5) is 34.2. The predicted octanol–water partition coefficient (Wildman–Crippen LogP) is 1.70. The van der Waals surface area contributed by atoms with Gasteiger partial charge in [-0.2, -0.15) is 0 Å². The molecule has 0 aliphatic rings. The largest absolute Gasteiger partial charge is 0.507 e. The average Bonchev–Trinajstić information content (AvgIpc) is 2.35. The van der Waals surface area contributed by atoms with Gasteiger partial charge >= 0.3 is 11.9 Å². The Kier molecular flexibility index (Phi) is 4.63. The Bertz CT molecular complexity index is 532. The fraction of sp³-hybridized carbons (Fsp3) is 0.308. The van der Waals surface area contributed by atoms with Gasteiger partial charge in [0.05, 0.1) is 7.11 Å². The molecule has 0 spiro atoms. The lowest BCUT2D eigenvalue weighted by Gasteiger charge is -2.11. The molecule has 0 radical (unpaired) electrons. The zero-order valence-electron chi connectivity index (χ0n) is 10.9. The van der Waals surface area contributed by atoms with Crippen molar-refractivity contribution in [1.82, 2.24) is 0 Å². The van der Waals surface area contributed by atoms with Gasteiger partial charge in [-0.3, -0.25) is 9.59 Å². The Morgan fingerprint density at radius 3 is 2.37 bits per heavy atom. The first-order valence-electron chi connectivity index (χ1n) is 5.57. The SMILES string of the molecule is CCC(=O)c1cc(OC(C)=O)cc(O)c1C(=O)OC. The summed E-state index contributed by atoms with van der Waals surface area (Å²) in [6.45, 7) is 2.80. The first-order chi connectivity index (χ1) is 8.90. The van der Waals surface area contributed by atoms with Crippen LogP contribution in [0.15, 0.2) is 12.1 Å². The van der Waals surface area contributed by atoms with E-state index in [0.29, 0.717) is 0 Å². The van der Waals surface area contributed by atoms with Crippen LogP contribution in [-0.4, -0.2) is 29.9 Å². The normalized spacial score (nSPS) is 9.84. The van der Waals surface area contributed by atoms with Crippen LogP contribution in [0.2, 0.25) is 0 Å². The van der Waals surface area contributed by atoms with Crippen molar-refractivity contribution in [3.8, 4) is 11.5 Å². The van der Waals surface area contributed by atoms with Crippen LogP contribution >= 0.6 is 0 Å². The van der Waals surface area contributed by atoms with Gasteiger partial charge < -0.3 is 14.6 Å². The minimum atomic E-state index is -0.830. The molecule has 0 amide bonds. The highest BCUT2D eigenvalue weighted by Gasteiger charge is 2.23. The van der Waals surface area contributed by atoms with Crippen LogP contribution < -0.4 is 4.74 Å². The van der Waals surface area contributed by atoms with Gasteiger partial charge in [-0.05, 0) is 6.07 Å². The second kappa shape index (κ2) is 5.99. The summed E-state index contributed by atoms with van der Waals surface area (Å²) in [5.41, 5.74) is -0.268. The molecule has 6 heteroatoms. The Labute approximate surface area is 109 Å². The van der Waals surface area contributed by atoms with E-state index in [0.717, 1.165) is 13.2 Å². The molecule has 1 rings (SSSR count). The predicted molar refractivity (Wildman–Crippen MR) is 65.4 cm³/mol. The number of hydrogen-bond donors (Lipinski definition) is 1. The van der Waals surface area contributed by atoms with Gasteiger partial charge in [0.1, 0.15) is 17.1 Å². The lowest BCUT2D eigenvalue weighted by atomic mass is 10.0. The van der Waals surface area contributed by atoms with Crippen molar-refractivity contribution in [3.05, 3.63) is 23.3 Å². The van der Waals surface area contributed by atoms with Crippen molar-refractivity contribution in [1.29, 1.82) is 0 Å². The molecule has 0 aromatic heterocycles. The van der Waals surface area contributed by atoms with Gasteiger partial charge in [0.25, 0.3) is 0 Å². The zero-order chi connectivity index (χ0) is 14.6. The van der Waals surface area contributed by atoms with Crippen LogP contribution in [0.4, 0.5) is 0 Å². The molecule has 1 aromatic rings. The van der Waals surface area contributed by atoms with Crippen LogP contribution in [0.3, 0.4) is 0 Å². The first kappa shape index (κ1) is 14.7. The lowest BCUT2D eigenvalue weighted by Crippen LogP contribution is -2.11. The van der Waals surface area contributed by atoms with Crippen LogP contribution in [0, 0.1) is 0 Å². The van der Waals surface area contributed by atoms with Crippen molar-refractivity contribution >= 4 is 17.7 Å². The van der Waals surface area contributed by atoms with Gasteiger partial charge in [0.2, 0.25) is 0 Å². The molecule has 0 atom stereocenters. The van der Waals surface area contributed by atoms with Gasteiger partial charge in [-0.1, -0.05) is 6.92 Å². The number of phenolic OH excluding ortho intramolecular Hbond substituents is 1. The molecular formula is C13H14O6. The summed E-state index contributed by atoms with van der Waals surface area (Å²) in [5, 5.41) is 9.79. The average molecular weight is 266 g/mol. The third-order valence-electron chi connectivity index (χ3n) is 2.36. The van der Waals surface area contributed by atoms with E-state index in [-0.39, 0.29) is 29.1 Å². The number of hydrogen-bond acceptors (Lipinski definition) is 6. The number of ether oxygens (including phenoxy) is 2. The third kappa shape index (κ3) is 3.31. The molecule has 19 heavy (non-hydrogen) atoms. The molecule has 0 fully saturated rings. The maximum Gasteiger partial charge on any atom is 0.342 e. The molecule has 0 aliphatic carbocycles. The molecule has 1 N–H and O–H groups in total. The summed E-state index contributed by atoms with van der Waals surface area (Å²) in [6.07, 6.45) is 0.132. The van der Waals surface area contributed by atoms with Crippen molar-refractivity contribution in [2.45, 2.75) is 20.3 Å². The molecule has 1 aromatic carbocycles. The van der Waals surface area contributed by atoms with E-state index in [4.69, 9.17) is 4.74 Å². The highest BCUT2D eigenvalue weighted by molar-refractivity contribution is 6.08. The quantitative estimate of drug-likeness (QED) is 0.506. The third-order valence-corrected chi connectivity index (χ3v) is 2.36. The standard InChI is InChI=1S/C13H14O6/c1-4-10(15)9-5-8(19-7(2)14)6-11(16)12(9)13(17)18-3/h5-6,16H,4H2,1-3H3. The maximum atomic E-state index is 11.8. The number of carbonyl (C=O) groups excluding carboxylic acids is 3. The number of ketones is 1. The van der Waals surface area contributed by atoms with E-state index < -0.39 is 17.7 Å². The second-order valence-electron chi connectivity index (χ2n) is 3.73. The zero-order valence-corrected chi connectivity index (χ0v) is 10.9. The molecule has 0 bridgehead atoms. The molecule has 6 nitrogen and oxygen atoms in total. The second-order valence-corrected chi connectivity index (χ2v) is 3.73. The number of phenols is 1. The number of esters is 2. The summed E-state index contributed by atoms with van der Waals surface area (Å²) >= 11 is 0. The molecule has 0 heterocycles. The fourth-order valence-electron chi connectivity index (χ4n) is 1.55. The molecule has 0 saturated carbocycles. The number of Topliss-reactive ketones (excluding diaryl/α,β-unsaturated/α-hetero) is 1. The van der Waals surface area contributed by atoms with Gasteiger partial charge in [0.15, 0.2) is 5.78 Å². The van der Waals surface area contributed by atoms with E-state index in [1.54, 1.807) is 6.92 Å². The Morgan fingerprint density at radius 1 is 1.26 bits per heavy atom. The Hall–Kier alpha value is -2.37. The minimum Gasteiger partial charge on any atom is -0.507 e. The van der Waals surface area contributed by atoms with Gasteiger partial charge in [-0.25, -0.2) is 4.79 Å². The molecule has 102 valence electrons. The van der Waals surface area contributed by atoms with Crippen LogP contribution in [-0.2, 0) is 9.53 Å². The summed E-state index contributed by atoms with van der Waals surface area (Å²) in [7, 11) is 1.14. The van der Waals surface area contributed by atoms with Crippen LogP contribution in [0.25, 0.3) is 0 Å². The van der Waals surface area contributed by atoms with Crippen molar-refractivity contribution in [3.63, 3.8) is 0 Å². The van der Waals surface area contributed by atoms with E-state index in [1.165, 1.54) is 13.0 Å². The van der Waals surface area contributed by atoms with E-state index in [2.05, 4.69) is 4.74 Å². The van der Waals surface area contributed by atoms with E-state index in [9.17, 15) is 19.5 Å². The number of carbonyl (C=O) groups is 3. The van der Waals surface area contributed by atoms with Gasteiger partial charge in [-0.15, -0.1) is 0 Å². The highest BCUT2D eigenvalue weighted by Crippen LogP contribution is 2.29. The van der Waals surface area contributed by atoms with Gasteiger partial charge in [0, 0.05) is 25.0 Å². The Morgan fingerprint density at radius 2 is 1.89 bits per heavy atom. The molecule has 0 aliphatic heterocycles. The van der Waals surface area contributed by atoms with Crippen LogP contribution in [0.5, 0.6) is 11.5 Å². The highest BCUT2D eigenvalue weighted by atomic mass is 16.5. The number of benzene rings is 1. The summed E-state index contributed by atoms with van der Waals surface area (Å²) < 4.78 is 9.31. The van der Waals surface area contributed by atoms with E-state index in [1.807, 2.05) is 0 Å². The van der Waals surface area contributed by atoms with Crippen LogP contribution in [0.1, 0.15) is 41.0 Å². The fourth-order valence-corrected chi connectivity index (χ4v) is 1.55.